The van der Waals surface area contributed by atoms with E-state index in [4.69, 9.17) is 19.4 Å². The van der Waals surface area contributed by atoms with Crippen LogP contribution in [0.2, 0.25) is 0 Å². The first kappa shape index (κ1) is 61.3. The smallest absolute Gasteiger partial charge is 0.290 e. The van der Waals surface area contributed by atoms with Gasteiger partial charge in [-0.3, -0.25) is 9.59 Å². The lowest BCUT2D eigenvalue weighted by Crippen LogP contribution is -2.54. The summed E-state index contributed by atoms with van der Waals surface area (Å²) in [5.74, 6) is 1.97. The van der Waals surface area contributed by atoms with Crippen LogP contribution in [-0.4, -0.2) is 142 Å². The first-order valence-electron chi connectivity index (χ1n) is 23.1. The second-order valence-electron chi connectivity index (χ2n) is 18.4. The Balaban J connectivity index is 0.000000622. The Morgan fingerprint density at radius 1 is 0.621 bits per heavy atom. The van der Waals surface area contributed by atoms with Crippen molar-refractivity contribution in [2.75, 3.05) is 66.7 Å². The number of aromatic nitrogens is 4. The summed E-state index contributed by atoms with van der Waals surface area (Å²) in [4.78, 5) is 41.2. The van der Waals surface area contributed by atoms with Gasteiger partial charge in [0.05, 0.1) is 34.3 Å². The highest BCUT2D eigenvalue weighted by molar-refractivity contribution is 5.96. The fraction of sp³-hybridized carbons (Fsp3) is 0.667. The second kappa shape index (κ2) is 30.7. The summed E-state index contributed by atoms with van der Waals surface area (Å²) in [5, 5.41) is 27.1. The van der Waals surface area contributed by atoms with Gasteiger partial charge in [0, 0.05) is 91.9 Å². The van der Waals surface area contributed by atoms with Crippen molar-refractivity contribution in [2.24, 2.45) is 23.7 Å². The Hall–Kier alpha value is -2.76. The average molecular weight is 1010 g/mol. The lowest BCUT2D eigenvalue weighted by atomic mass is 9.90. The molecule has 14 nitrogen and oxygen atoms in total. The number of hydrogen-bond acceptors (Lipinski definition) is 10. The molecule has 0 aliphatic carbocycles. The highest BCUT2D eigenvalue weighted by atomic mass is 35.5. The predicted molar refractivity (Wildman–Crippen MR) is 275 cm³/mol. The number of piperidine rings is 2. The maximum absolute atomic E-state index is 13.9. The van der Waals surface area contributed by atoms with E-state index in [-0.39, 0.29) is 85.4 Å². The van der Waals surface area contributed by atoms with Gasteiger partial charge in [0.1, 0.15) is 0 Å². The number of aliphatic hydroxyl groups is 2. The molecule has 2 saturated heterocycles. The minimum absolute atomic E-state index is 0. The number of nitrogens with zero attached hydrogens (tertiary/aromatic N) is 6. The number of unbranched alkanes of at least 4 members (excludes halogenated alkanes) is 2. The van der Waals surface area contributed by atoms with Crippen LogP contribution in [0.5, 0.6) is 0 Å². The van der Waals surface area contributed by atoms with Gasteiger partial charge in [-0.25, -0.2) is 9.97 Å². The first-order chi connectivity index (χ1) is 29.8. The van der Waals surface area contributed by atoms with E-state index >= 15 is 0 Å². The van der Waals surface area contributed by atoms with Gasteiger partial charge in [0.25, 0.3) is 11.8 Å². The van der Waals surface area contributed by atoms with E-state index < -0.39 is 12.2 Å². The number of imidazole rings is 2. The highest BCUT2D eigenvalue weighted by Gasteiger charge is 2.36. The summed E-state index contributed by atoms with van der Waals surface area (Å²) in [6, 6.07) is 16.0. The van der Waals surface area contributed by atoms with Gasteiger partial charge in [-0.1, -0.05) is 52.0 Å². The summed E-state index contributed by atoms with van der Waals surface area (Å²) in [7, 11) is 3.42. The number of benzene rings is 2. The number of hydrogen-bond donors (Lipinski definition) is 4. The van der Waals surface area contributed by atoms with E-state index in [9.17, 15) is 19.8 Å². The van der Waals surface area contributed by atoms with Crippen LogP contribution in [0.15, 0.2) is 48.5 Å². The van der Waals surface area contributed by atoms with Crippen LogP contribution in [-0.2, 0) is 22.6 Å². The molecule has 2 amide bonds. The Morgan fingerprint density at radius 2 is 0.985 bits per heavy atom. The first-order valence-corrected chi connectivity index (χ1v) is 23.1. The molecule has 0 spiro atoms. The fourth-order valence-corrected chi connectivity index (χ4v) is 8.91. The molecule has 4 heterocycles. The van der Waals surface area contributed by atoms with Crippen LogP contribution in [0, 0.1) is 23.7 Å². The number of fused-ring (bicyclic) bond motifs is 2. The lowest BCUT2D eigenvalue weighted by Gasteiger charge is -2.39. The summed E-state index contributed by atoms with van der Waals surface area (Å²) < 4.78 is 14.5. The molecule has 4 N–H and O–H groups in total. The third-order valence-electron chi connectivity index (χ3n) is 12.3. The Morgan fingerprint density at radius 3 is 1.32 bits per heavy atom. The van der Waals surface area contributed by atoms with Gasteiger partial charge in [-0.05, 0) is 100 Å². The number of ether oxygens (including phenoxy) is 2. The molecule has 66 heavy (non-hydrogen) atoms. The topological polar surface area (TPSA) is 159 Å². The maximum Gasteiger partial charge on any atom is 0.290 e. The zero-order chi connectivity index (χ0) is 44.8. The zero-order valence-electron chi connectivity index (χ0n) is 40.4. The van der Waals surface area contributed by atoms with Crippen LogP contribution >= 0.6 is 49.6 Å². The molecule has 2 unspecified atom stereocenters. The van der Waals surface area contributed by atoms with E-state index in [1.165, 1.54) is 0 Å². The van der Waals surface area contributed by atoms with Crippen molar-refractivity contribution in [1.82, 2.24) is 39.5 Å². The molecular formula is C48H80Cl4N8O6. The van der Waals surface area contributed by atoms with Gasteiger partial charge < -0.3 is 49.3 Å². The molecule has 0 radical (unpaired) electrons. The van der Waals surface area contributed by atoms with Crippen molar-refractivity contribution >= 4 is 83.5 Å². The zero-order valence-corrected chi connectivity index (χ0v) is 43.7. The number of carbonyl (C=O) groups excluding carboxylic acids is 2. The average Bonchev–Trinajstić information content (AvgIpc) is 3.83. The third-order valence-corrected chi connectivity index (χ3v) is 12.3. The number of aliphatic hydroxyl groups excluding tert-OH is 2. The largest absolute Gasteiger partial charge is 0.393 e. The molecule has 2 aliphatic rings. The van der Waals surface area contributed by atoms with E-state index in [0.29, 0.717) is 49.8 Å². The molecule has 2 fully saturated rings. The second-order valence-corrected chi connectivity index (χ2v) is 18.4. The minimum atomic E-state index is -0.392. The molecule has 18 heteroatoms. The molecule has 6 rings (SSSR count). The van der Waals surface area contributed by atoms with E-state index in [1.807, 2.05) is 72.2 Å². The molecule has 2 aromatic heterocycles. The molecule has 2 aliphatic heterocycles. The van der Waals surface area contributed by atoms with Crippen molar-refractivity contribution in [1.29, 1.82) is 0 Å². The molecule has 0 bridgehead atoms. The van der Waals surface area contributed by atoms with Crippen LogP contribution in [0.4, 0.5) is 0 Å². The molecule has 6 atom stereocenters. The number of methoxy groups -OCH3 is 2. The van der Waals surface area contributed by atoms with Gasteiger partial charge in [-0.15, -0.1) is 49.6 Å². The Bertz CT molecular complexity index is 1860. The summed E-state index contributed by atoms with van der Waals surface area (Å²) in [6.07, 6.45) is 4.55. The van der Waals surface area contributed by atoms with Gasteiger partial charge in [0.15, 0.2) is 11.6 Å². The highest BCUT2D eigenvalue weighted by Crippen LogP contribution is 2.26. The minimum Gasteiger partial charge on any atom is -0.393 e. The van der Waals surface area contributed by atoms with Gasteiger partial charge >= 0.3 is 0 Å². The van der Waals surface area contributed by atoms with Crippen LogP contribution < -0.4 is 10.6 Å². The number of nitrogens with one attached hydrogen (secondary N) is 2. The van der Waals surface area contributed by atoms with Crippen molar-refractivity contribution in [2.45, 2.75) is 117 Å². The number of rotatable bonds is 20. The predicted octanol–water partition coefficient (Wildman–Crippen LogP) is 7.53. The molecule has 4 aromatic rings. The Labute approximate surface area is 418 Å². The quantitative estimate of drug-likeness (QED) is 0.0653. The lowest BCUT2D eigenvalue weighted by molar-refractivity contribution is 0.0433. The van der Waals surface area contributed by atoms with Crippen molar-refractivity contribution in [3.05, 3.63) is 60.2 Å². The normalized spacial score (nSPS) is 19.1. The maximum atomic E-state index is 13.9. The number of carbonyl (C=O) groups is 2. The summed E-state index contributed by atoms with van der Waals surface area (Å²) in [5.41, 5.74) is 3.70. The van der Waals surface area contributed by atoms with Crippen LogP contribution in [0.3, 0.4) is 0 Å². The number of amides is 2. The molecular weight excluding hydrogens is 926 g/mol. The monoisotopic (exact) mass is 1000 g/mol. The number of halogens is 4. The fourth-order valence-electron chi connectivity index (χ4n) is 8.91. The van der Waals surface area contributed by atoms with Gasteiger partial charge in [-0.2, -0.15) is 0 Å². The molecule has 0 saturated carbocycles. The van der Waals surface area contributed by atoms with E-state index in [1.54, 1.807) is 14.2 Å². The standard InChI is InChI=1S/2C24H38N4O3.4ClH/c2*1-17(2)16-28(20-13-19(18(3)29)14-25-15-20)24(30)23-26-21-9-5-6-10-22(21)27(23)11-7-8-12-31-4;;;;/h2*5-6,9-10,17-20,25,29H,7-8,11-16H2,1-4H3;4*1H/t2*18-,19?,20+;;;;/m11..../s1. The Kier molecular flexibility index (Phi) is 28.5. The molecule has 376 valence electrons. The van der Waals surface area contributed by atoms with Crippen LogP contribution in [0.1, 0.15) is 101 Å². The summed E-state index contributed by atoms with van der Waals surface area (Å²) >= 11 is 0. The number of aryl methyl sites for hydroxylation is 2. The third kappa shape index (κ3) is 16.7. The number of para-hydroxylation sites is 4. The van der Waals surface area contributed by atoms with E-state index in [0.717, 1.165) is 99.9 Å². The van der Waals surface area contributed by atoms with Crippen molar-refractivity contribution < 1.29 is 29.3 Å². The van der Waals surface area contributed by atoms with Crippen LogP contribution in [0.25, 0.3) is 22.1 Å². The van der Waals surface area contributed by atoms with Crippen molar-refractivity contribution in [3.8, 4) is 0 Å². The van der Waals surface area contributed by atoms with Gasteiger partial charge in [0.2, 0.25) is 0 Å². The van der Waals surface area contributed by atoms with Crippen molar-refractivity contribution in [3.63, 3.8) is 0 Å². The van der Waals surface area contributed by atoms with E-state index in [2.05, 4.69) is 47.5 Å². The SMILES string of the molecule is COCCCCn1c(C(=O)N(CC(C)C)[C@@H]2CNCC([C@@H](C)O)C2)nc2ccccc21.COCCCCn1c(C(=O)N(CC(C)C)[C@@H]2CNCC([C@@H](C)O)C2)nc2ccccc21.Cl.Cl.Cl.Cl. The molecule has 2 aromatic carbocycles. The summed E-state index contributed by atoms with van der Waals surface area (Å²) in [6.45, 7) is 19.5.